The standard InChI is InChI=1S/C6H6N6O2/c1-3-2-4(10-14-3)7-6(13)5-8-11-12-9-5/h2H,1H3,(H,7,10,13)(H,8,9,11,12). The highest BCUT2D eigenvalue weighted by Gasteiger charge is 2.12. The molecule has 2 heterocycles. The van der Waals surface area contributed by atoms with Crippen LogP contribution >= 0.6 is 0 Å². The first-order chi connectivity index (χ1) is 6.75. The van der Waals surface area contributed by atoms with Gasteiger partial charge in [-0.3, -0.25) is 4.79 Å². The number of carbonyl (C=O) groups is 1. The largest absolute Gasteiger partial charge is 0.360 e. The van der Waals surface area contributed by atoms with Crippen molar-refractivity contribution in [3.05, 3.63) is 17.7 Å². The average Bonchev–Trinajstić information content (AvgIpc) is 2.75. The third-order valence-corrected chi connectivity index (χ3v) is 1.42. The Balaban J connectivity index is 2.09. The van der Waals surface area contributed by atoms with Gasteiger partial charge in [-0.1, -0.05) is 5.16 Å². The molecule has 8 nitrogen and oxygen atoms in total. The Labute approximate surface area is 77.7 Å². The van der Waals surface area contributed by atoms with Crippen LogP contribution in [-0.2, 0) is 0 Å². The summed E-state index contributed by atoms with van der Waals surface area (Å²) in [7, 11) is 0. The molecule has 0 atom stereocenters. The first kappa shape index (κ1) is 8.35. The van der Waals surface area contributed by atoms with Gasteiger partial charge >= 0.3 is 0 Å². The fraction of sp³-hybridized carbons (Fsp3) is 0.167. The SMILES string of the molecule is Cc1cc(NC(=O)c2nn[nH]n2)no1. The zero-order chi connectivity index (χ0) is 9.97. The zero-order valence-corrected chi connectivity index (χ0v) is 7.18. The van der Waals surface area contributed by atoms with Gasteiger partial charge in [-0.25, -0.2) is 0 Å². The number of tetrazole rings is 1. The minimum Gasteiger partial charge on any atom is -0.360 e. The highest BCUT2D eigenvalue weighted by molar-refractivity contribution is 6.00. The fourth-order valence-corrected chi connectivity index (χ4v) is 0.856. The predicted octanol–water partition coefficient (Wildman–Crippen LogP) is -0.252. The van der Waals surface area contributed by atoms with Crippen LogP contribution in [0.25, 0.3) is 0 Å². The lowest BCUT2D eigenvalue weighted by Crippen LogP contribution is -2.13. The first-order valence-corrected chi connectivity index (χ1v) is 3.74. The van der Waals surface area contributed by atoms with Crippen LogP contribution in [0.2, 0.25) is 0 Å². The lowest BCUT2D eigenvalue weighted by Gasteiger charge is -1.93. The van der Waals surface area contributed by atoms with E-state index in [9.17, 15) is 4.79 Å². The van der Waals surface area contributed by atoms with E-state index in [1.165, 1.54) is 0 Å². The van der Waals surface area contributed by atoms with Crippen LogP contribution < -0.4 is 5.32 Å². The first-order valence-electron chi connectivity index (χ1n) is 3.74. The van der Waals surface area contributed by atoms with Crippen molar-refractivity contribution < 1.29 is 9.32 Å². The number of aromatic amines is 1. The third-order valence-electron chi connectivity index (χ3n) is 1.42. The molecular formula is C6H6N6O2. The summed E-state index contributed by atoms with van der Waals surface area (Å²) in [6.45, 7) is 1.72. The Hall–Kier alpha value is -2.25. The summed E-state index contributed by atoms with van der Waals surface area (Å²) >= 11 is 0. The van der Waals surface area contributed by atoms with Crippen LogP contribution in [0.3, 0.4) is 0 Å². The molecule has 0 aromatic carbocycles. The predicted molar refractivity (Wildman–Crippen MR) is 43.4 cm³/mol. The Morgan fingerprint density at radius 3 is 3.07 bits per heavy atom. The second-order valence-electron chi connectivity index (χ2n) is 2.51. The van der Waals surface area contributed by atoms with Gasteiger partial charge in [-0.05, 0) is 12.1 Å². The Kier molecular flexibility index (Phi) is 1.94. The molecule has 0 fully saturated rings. The summed E-state index contributed by atoms with van der Waals surface area (Å²) in [6.07, 6.45) is 0. The van der Waals surface area contributed by atoms with Crippen molar-refractivity contribution in [1.29, 1.82) is 0 Å². The van der Waals surface area contributed by atoms with Crippen LogP contribution in [-0.4, -0.2) is 31.7 Å². The number of hydrogen-bond acceptors (Lipinski definition) is 6. The van der Waals surface area contributed by atoms with Gasteiger partial charge in [0.15, 0.2) is 5.82 Å². The summed E-state index contributed by atoms with van der Waals surface area (Å²) in [6, 6.07) is 1.58. The van der Waals surface area contributed by atoms with Crippen LogP contribution in [0.15, 0.2) is 10.6 Å². The topological polar surface area (TPSA) is 110 Å². The lowest BCUT2D eigenvalue weighted by atomic mass is 10.4. The smallest absolute Gasteiger partial charge is 0.298 e. The number of rotatable bonds is 2. The molecule has 2 aromatic heterocycles. The molecule has 1 amide bonds. The molecule has 2 aromatic rings. The molecule has 14 heavy (non-hydrogen) atoms. The van der Waals surface area contributed by atoms with Gasteiger partial charge in [0.05, 0.1) is 0 Å². The lowest BCUT2D eigenvalue weighted by molar-refractivity contribution is 0.101. The Morgan fingerprint density at radius 2 is 2.50 bits per heavy atom. The van der Waals surface area contributed by atoms with Crippen molar-refractivity contribution >= 4 is 11.7 Å². The molecule has 0 saturated heterocycles. The van der Waals surface area contributed by atoms with Gasteiger partial charge in [0, 0.05) is 6.07 Å². The Morgan fingerprint density at radius 1 is 1.64 bits per heavy atom. The van der Waals surface area contributed by atoms with Crippen molar-refractivity contribution in [2.24, 2.45) is 0 Å². The molecule has 0 unspecified atom stereocenters. The van der Waals surface area contributed by atoms with E-state index < -0.39 is 5.91 Å². The van der Waals surface area contributed by atoms with Crippen LogP contribution in [0.1, 0.15) is 16.4 Å². The van der Waals surface area contributed by atoms with Crippen molar-refractivity contribution in [2.45, 2.75) is 6.92 Å². The van der Waals surface area contributed by atoms with E-state index in [4.69, 9.17) is 4.52 Å². The number of nitrogens with zero attached hydrogens (tertiary/aromatic N) is 4. The Bertz CT molecular complexity index is 433. The summed E-state index contributed by atoms with van der Waals surface area (Å²) in [4.78, 5) is 11.3. The molecule has 8 heteroatoms. The van der Waals surface area contributed by atoms with E-state index in [0.717, 1.165) is 0 Å². The minimum absolute atomic E-state index is 0.0503. The zero-order valence-electron chi connectivity index (χ0n) is 7.18. The number of hydrogen-bond donors (Lipinski definition) is 2. The van der Waals surface area contributed by atoms with Crippen molar-refractivity contribution in [3.8, 4) is 0 Å². The molecule has 2 N–H and O–H groups in total. The van der Waals surface area contributed by atoms with Crippen molar-refractivity contribution in [3.63, 3.8) is 0 Å². The number of nitrogens with one attached hydrogen (secondary N) is 2. The maximum Gasteiger partial charge on any atom is 0.298 e. The summed E-state index contributed by atoms with van der Waals surface area (Å²) in [5.74, 6) is 0.378. The van der Waals surface area contributed by atoms with Gasteiger partial charge in [-0.2, -0.15) is 5.21 Å². The van der Waals surface area contributed by atoms with E-state index in [-0.39, 0.29) is 5.82 Å². The van der Waals surface area contributed by atoms with Crippen molar-refractivity contribution in [1.82, 2.24) is 25.8 Å². The molecule has 0 aliphatic rings. The van der Waals surface area contributed by atoms with Gasteiger partial charge < -0.3 is 9.84 Å². The summed E-state index contributed by atoms with van der Waals surface area (Å²) in [5, 5.41) is 18.4. The normalized spacial score (nSPS) is 10.1. The number of amides is 1. The number of anilines is 1. The molecule has 2 rings (SSSR count). The van der Waals surface area contributed by atoms with Gasteiger partial charge in [-0.15, -0.1) is 10.2 Å². The van der Waals surface area contributed by atoms with Crippen LogP contribution in [0.4, 0.5) is 5.82 Å². The average molecular weight is 194 g/mol. The number of aromatic nitrogens is 5. The minimum atomic E-state index is -0.493. The van der Waals surface area contributed by atoms with Gasteiger partial charge in [0.2, 0.25) is 0 Å². The molecular weight excluding hydrogens is 188 g/mol. The molecule has 0 aliphatic carbocycles. The highest BCUT2D eigenvalue weighted by atomic mass is 16.5. The van der Waals surface area contributed by atoms with Crippen LogP contribution in [0, 0.1) is 6.92 Å². The number of H-pyrrole nitrogens is 1. The van der Waals surface area contributed by atoms with Crippen molar-refractivity contribution in [2.75, 3.05) is 5.32 Å². The van der Waals surface area contributed by atoms with E-state index in [2.05, 4.69) is 31.1 Å². The summed E-state index contributed by atoms with van der Waals surface area (Å²) in [5.41, 5.74) is 0. The second kappa shape index (κ2) is 3.24. The quantitative estimate of drug-likeness (QED) is 0.682. The number of carbonyl (C=O) groups excluding carboxylic acids is 1. The van der Waals surface area contributed by atoms with E-state index in [1.54, 1.807) is 13.0 Å². The second-order valence-corrected chi connectivity index (χ2v) is 2.51. The van der Waals surface area contributed by atoms with E-state index in [1.807, 2.05) is 0 Å². The monoisotopic (exact) mass is 194 g/mol. The molecule has 0 aliphatic heterocycles. The maximum atomic E-state index is 11.3. The van der Waals surface area contributed by atoms with E-state index in [0.29, 0.717) is 11.6 Å². The molecule has 72 valence electrons. The molecule has 0 radical (unpaired) electrons. The molecule has 0 spiro atoms. The molecule has 0 bridgehead atoms. The van der Waals surface area contributed by atoms with Crippen LogP contribution in [0.5, 0.6) is 0 Å². The van der Waals surface area contributed by atoms with Gasteiger partial charge in [0.1, 0.15) is 5.76 Å². The highest BCUT2D eigenvalue weighted by Crippen LogP contribution is 2.07. The van der Waals surface area contributed by atoms with E-state index >= 15 is 0 Å². The maximum absolute atomic E-state index is 11.3. The molecule has 0 saturated carbocycles. The number of aryl methyl sites for hydroxylation is 1. The summed E-state index contributed by atoms with van der Waals surface area (Å²) < 4.78 is 4.75. The van der Waals surface area contributed by atoms with Gasteiger partial charge in [0.25, 0.3) is 11.7 Å². The third kappa shape index (κ3) is 1.58. The fourth-order valence-electron chi connectivity index (χ4n) is 0.856.